The molecule has 0 saturated carbocycles. The lowest BCUT2D eigenvalue weighted by atomic mass is 10.2. The van der Waals surface area contributed by atoms with Gasteiger partial charge in [-0.2, -0.15) is 0 Å². The monoisotopic (exact) mass is 304 g/mol. The normalized spacial score (nSPS) is 11.0. The van der Waals surface area contributed by atoms with Crippen LogP contribution in [0.1, 0.15) is 29.9 Å². The van der Waals surface area contributed by atoms with E-state index in [2.05, 4.69) is 18.8 Å². The predicted octanol–water partition coefficient (Wildman–Crippen LogP) is 3.01. The van der Waals surface area contributed by atoms with Gasteiger partial charge in [-0.15, -0.1) is 0 Å². The van der Waals surface area contributed by atoms with Crippen LogP contribution in [0.5, 0.6) is 0 Å². The number of rotatable bonds is 7. The zero-order chi connectivity index (χ0) is 15.2. The molecule has 1 aromatic carbocycles. The summed E-state index contributed by atoms with van der Waals surface area (Å²) in [6, 6.07) is 9.26. The third-order valence-corrected chi connectivity index (χ3v) is 4.03. The van der Waals surface area contributed by atoms with E-state index in [0.717, 1.165) is 17.4 Å². The number of benzene rings is 1. The minimum atomic E-state index is -0.0348. The van der Waals surface area contributed by atoms with Gasteiger partial charge in [0, 0.05) is 12.1 Å². The van der Waals surface area contributed by atoms with Crippen molar-refractivity contribution >= 4 is 17.5 Å². The molecule has 0 aliphatic carbocycles. The number of ketones is 1. The van der Waals surface area contributed by atoms with E-state index in [1.807, 2.05) is 34.9 Å². The molecule has 0 bridgehead atoms. The van der Waals surface area contributed by atoms with E-state index in [4.69, 9.17) is 0 Å². The van der Waals surface area contributed by atoms with Crippen LogP contribution in [0.2, 0.25) is 0 Å². The van der Waals surface area contributed by atoms with E-state index in [1.165, 1.54) is 11.8 Å². The Hall–Kier alpha value is -1.59. The van der Waals surface area contributed by atoms with Gasteiger partial charge in [0.2, 0.25) is 0 Å². The second kappa shape index (κ2) is 7.43. The Labute approximate surface area is 129 Å². The molecule has 0 fully saturated rings. The Morgan fingerprint density at radius 1 is 1.33 bits per heavy atom. The fraction of sp³-hybridized carbons (Fsp3) is 0.375. The minimum absolute atomic E-state index is 0.0348. The van der Waals surface area contributed by atoms with Crippen LogP contribution in [0.4, 0.5) is 0 Å². The van der Waals surface area contributed by atoms with Gasteiger partial charge in [0.15, 0.2) is 10.9 Å². The van der Waals surface area contributed by atoms with Crippen LogP contribution in [0.25, 0.3) is 0 Å². The topological polar surface area (TPSA) is 55.1 Å². The number of aliphatic hydroxyl groups is 1. The molecule has 1 heterocycles. The highest BCUT2D eigenvalue weighted by Crippen LogP contribution is 2.21. The Morgan fingerprint density at radius 3 is 2.67 bits per heavy atom. The van der Waals surface area contributed by atoms with Gasteiger partial charge < -0.3 is 9.67 Å². The van der Waals surface area contributed by atoms with Crippen molar-refractivity contribution < 1.29 is 9.90 Å². The summed E-state index contributed by atoms with van der Waals surface area (Å²) in [5.74, 6) is 0.892. The predicted molar refractivity (Wildman–Crippen MR) is 84.5 cm³/mol. The SMILES string of the molecule is CC(C)Cn1c(CO)cnc1SCC(=O)c1ccccc1. The smallest absolute Gasteiger partial charge is 0.173 e. The first-order chi connectivity index (χ1) is 10.1. The van der Waals surface area contributed by atoms with Gasteiger partial charge in [-0.3, -0.25) is 4.79 Å². The van der Waals surface area contributed by atoms with E-state index in [0.29, 0.717) is 17.2 Å². The van der Waals surface area contributed by atoms with Crippen molar-refractivity contribution in [2.45, 2.75) is 32.2 Å². The second-order valence-corrected chi connectivity index (χ2v) is 6.22. The minimum Gasteiger partial charge on any atom is -0.390 e. The third-order valence-electron chi connectivity index (χ3n) is 3.04. The molecule has 21 heavy (non-hydrogen) atoms. The first kappa shape index (κ1) is 15.8. The van der Waals surface area contributed by atoms with Crippen molar-refractivity contribution in [2.75, 3.05) is 5.75 Å². The fourth-order valence-corrected chi connectivity index (χ4v) is 2.93. The lowest BCUT2D eigenvalue weighted by Gasteiger charge is -2.12. The molecule has 0 saturated heterocycles. The highest BCUT2D eigenvalue weighted by Gasteiger charge is 2.13. The van der Waals surface area contributed by atoms with Gasteiger partial charge in [-0.1, -0.05) is 55.9 Å². The number of carbonyl (C=O) groups excluding carboxylic acids is 1. The van der Waals surface area contributed by atoms with Gasteiger partial charge in [0.05, 0.1) is 24.3 Å². The Balaban J connectivity index is 2.06. The lowest BCUT2D eigenvalue weighted by Crippen LogP contribution is -2.10. The average Bonchev–Trinajstić information content (AvgIpc) is 2.87. The average molecular weight is 304 g/mol. The number of aliphatic hydroxyl groups excluding tert-OH is 1. The van der Waals surface area contributed by atoms with Crippen molar-refractivity contribution in [3.05, 3.63) is 47.8 Å². The summed E-state index contributed by atoms with van der Waals surface area (Å²) in [7, 11) is 0. The molecular formula is C16H20N2O2S. The summed E-state index contributed by atoms with van der Waals surface area (Å²) in [4.78, 5) is 16.4. The standard InChI is InChI=1S/C16H20N2O2S/c1-12(2)9-18-14(10-19)8-17-16(18)21-11-15(20)13-6-4-3-5-7-13/h3-8,12,19H,9-11H2,1-2H3. The molecule has 2 rings (SSSR count). The van der Waals surface area contributed by atoms with E-state index in [9.17, 15) is 9.90 Å². The number of aromatic nitrogens is 2. The molecule has 4 nitrogen and oxygen atoms in total. The Bertz CT molecular complexity index is 594. The van der Waals surface area contributed by atoms with Crippen LogP contribution in [0.15, 0.2) is 41.7 Å². The summed E-state index contributed by atoms with van der Waals surface area (Å²) >= 11 is 1.42. The van der Waals surface area contributed by atoms with E-state index in [-0.39, 0.29) is 12.4 Å². The number of imidazole rings is 1. The maximum atomic E-state index is 12.1. The summed E-state index contributed by atoms with van der Waals surface area (Å²) in [5.41, 5.74) is 1.51. The summed E-state index contributed by atoms with van der Waals surface area (Å²) in [5, 5.41) is 10.2. The maximum Gasteiger partial charge on any atom is 0.173 e. The number of thioether (sulfide) groups is 1. The molecule has 1 aromatic heterocycles. The number of Topliss-reactive ketones (excluding diaryl/α,β-unsaturated/α-hetero) is 1. The van der Waals surface area contributed by atoms with E-state index in [1.54, 1.807) is 6.20 Å². The lowest BCUT2D eigenvalue weighted by molar-refractivity contribution is 0.102. The molecule has 0 unspecified atom stereocenters. The van der Waals surface area contributed by atoms with Gasteiger partial charge >= 0.3 is 0 Å². The van der Waals surface area contributed by atoms with Crippen LogP contribution in [-0.4, -0.2) is 26.2 Å². The van der Waals surface area contributed by atoms with Gasteiger partial charge in [-0.05, 0) is 5.92 Å². The molecule has 0 radical (unpaired) electrons. The highest BCUT2D eigenvalue weighted by atomic mass is 32.2. The van der Waals surface area contributed by atoms with Crippen molar-refractivity contribution in [3.63, 3.8) is 0 Å². The molecule has 0 aliphatic heterocycles. The fourth-order valence-electron chi connectivity index (χ4n) is 2.03. The molecule has 0 spiro atoms. The van der Waals surface area contributed by atoms with Crippen LogP contribution < -0.4 is 0 Å². The van der Waals surface area contributed by atoms with Gasteiger partial charge in [0.1, 0.15) is 0 Å². The summed E-state index contributed by atoms with van der Waals surface area (Å²) < 4.78 is 1.99. The van der Waals surface area contributed by atoms with Crippen LogP contribution in [0.3, 0.4) is 0 Å². The number of carbonyl (C=O) groups is 1. The first-order valence-electron chi connectivity index (χ1n) is 6.98. The second-order valence-electron chi connectivity index (χ2n) is 5.27. The largest absolute Gasteiger partial charge is 0.390 e. The molecule has 0 amide bonds. The number of hydrogen-bond acceptors (Lipinski definition) is 4. The van der Waals surface area contributed by atoms with Crippen molar-refractivity contribution in [2.24, 2.45) is 5.92 Å². The zero-order valence-electron chi connectivity index (χ0n) is 12.3. The highest BCUT2D eigenvalue weighted by molar-refractivity contribution is 7.99. The molecule has 5 heteroatoms. The Kier molecular flexibility index (Phi) is 5.59. The first-order valence-corrected chi connectivity index (χ1v) is 7.96. The van der Waals surface area contributed by atoms with E-state index >= 15 is 0 Å². The summed E-state index contributed by atoms with van der Waals surface area (Å²) in [6.45, 7) is 4.99. The molecule has 0 atom stereocenters. The van der Waals surface area contributed by atoms with Gasteiger partial charge in [0.25, 0.3) is 0 Å². The molecule has 2 aromatic rings. The van der Waals surface area contributed by atoms with Crippen LogP contribution in [0, 0.1) is 5.92 Å². The zero-order valence-corrected chi connectivity index (χ0v) is 13.1. The number of hydrogen-bond donors (Lipinski definition) is 1. The van der Waals surface area contributed by atoms with Crippen molar-refractivity contribution in [3.8, 4) is 0 Å². The third kappa shape index (κ3) is 4.19. The Morgan fingerprint density at radius 2 is 2.05 bits per heavy atom. The van der Waals surface area contributed by atoms with Crippen molar-refractivity contribution in [1.82, 2.24) is 9.55 Å². The molecular weight excluding hydrogens is 284 g/mol. The summed E-state index contributed by atoms with van der Waals surface area (Å²) in [6.07, 6.45) is 1.68. The molecule has 112 valence electrons. The van der Waals surface area contributed by atoms with E-state index < -0.39 is 0 Å². The molecule has 0 aliphatic rings. The van der Waals surface area contributed by atoms with Crippen molar-refractivity contribution in [1.29, 1.82) is 0 Å². The van der Waals surface area contributed by atoms with Gasteiger partial charge in [-0.25, -0.2) is 4.98 Å². The maximum absolute atomic E-state index is 12.1. The number of nitrogens with zero attached hydrogens (tertiary/aromatic N) is 2. The quantitative estimate of drug-likeness (QED) is 0.631. The molecule has 1 N–H and O–H groups in total. The van der Waals surface area contributed by atoms with Crippen LogP contribution >= 0.6 is 11.8 Å². The van der Waals surface area contributed by atoms with Crippen LogP contribution in [-0.2, 0) is 13.2 Å².